The van der Waals surface area contributed by atoms with E-state index in [1.54, 1.807) is 17.0 Å². The fourth-order valence-corrected chi connectivity index (χ4v) is 2.75. The predicted molar refractivity (Wildman–Crippen MR) is 84.9 cm³/mol. The van der Waals surface area contributed by atoms with E-state index in [0.717, 1.165) is 5.56 Å². The highest BCUT2D eigenvalue weighted by molar-refractivity contribution is 6.30. The Morgan fingerprint density at radius 3 is 2.57 bits per heavy atom. The number of hydrogen-bond donors (Lipinski definition) is 0. The Morgan fingerprint density at radius 1 is 1.26 bits per heavy atom. The van der Waals surface area contributed by atoms with Gasteiger partial charge in [-0.2, -0.15) is 4.80 Å². The number of ether oxygens (including phenoxy) is 1. The minimum atomic E-state index is -0.0351. The van der Waals surface area contributed by atoms with Crippen molar-refractivity contribution < 1.29 is 9.53 Å². The first-order valence-electron chi connectivity index (χ1n) is 7.48. The second-order valence-electron chi connectivity index (χ2n) is 5.71. The van der Waals surface area contributed by atoms with E-state index in [1.165, 1.54) is 4.80 Å². The number of benzene rings is 1. The zero-order valence-electron chi connectivity index (χ0n) is 13.0. The topological polar surface area (TPSA) is 73.1 Å². The van der Waals surface area contributed by atoms with Crippen LogP contribution in [0.5, 0.6) is 0 Å². The highest BCUT2D eigenvalue weighted by Crippen LogP contribution is 2.17. The Hall–Kier alpha value is -1.99. The highest BCUT2D eigenvalue weighted by Gasteiger charge is 2.26. The number of morpholine rings is 1. The van der Waals surface area contributed by atoms with Gasteiger partial charge >= 0.3 is 0 Å². The largest absolute Gasteiger partial charge is 0.372 e. The van der Waals surface area contributed by atoms with Gasteiger partial charge in [-0.1, -0.05) is 11.6 Å². The van der Waals surface area contributed by atoms with Gasteiger partial charge in [-0.15, -0.1) is 10.2 Å². The third kappa shape index (κ3) is 3.86. The molecule has 23 heavy (non-hydrogen) atoms. The van der Waals surface area contributed by atoms with E-state index in [1.807, 2.05) is 26.0 Å². The number of nitrogens with zero attached hydrogens (tertiary/aromatic N) is 5. The molecule has 0 N–H and O–H groups in total. The first-order chi connectivity index (χ1) is 11.0. The number of amides is 1. The molecule has 0 saturated carbocycles. The first kappa shape index (κ1) is 15.9. The summed E-state index contributed by atoms with van der Waals surface area (Å²) in [5.74, 6) is 0.435. The molecule has 0 spiro atoms. The van der Waals surface area contributed by atoms with E-state index in [2.05, 4.69) is 15.4 Å². The maximum absolute atomic E-state index is 12.4. The number of halogens is 1. The molecule has 1 amide bonds. The number of tetrazole rings is 1. The molecule has 2 aromatic rings. The summed E-state index contributed by atoms with van der Waals surface area (Å²) < 4.78 is 5.63. The Morgan fingerprint density at radius 2 is 1.91 bits per heavy atom. The van der Waals surface area contributed by atoms with Crippen molar-refractivity contribution in [3.8, 4) is 11.4 Å². The lowest BCUT2D eigenvalue weighted by Gasteiger charge is -2.35. The SMILES string of the molecule is C[C@H]1CN(C(=O)Cn2nnc(-c3ccc(Cl)cc3)n2)C[C@H](C)O1. The molecule has 2 heterocycles. The summed E-state index contributed by atoms with van der Waals surface area (Å²) in [4.78, 5) is 15.5. The molecule has 1 aromatic carbocycles. The van der Waals surface area contributed by atoms with Crippen molar-refractivity contribution in [3.63, 3.8) is 0 Å². The molecule has 1 aliphatic rings. The summed E-state index contributed by atoms with van der Waals surface area (Å²) in [6.45, 7) is 5.16. The van der Waals surface area contributed by atoms with Crippen molar-refractivity contribution in [1.82, 2.24) is 25.1 Å². The van der Waals surface area contributed by atoms with Crippen molar-refractivity contribution >= 4 is 17.5 Å². The second-order valence-corrected chi connectivity index (χ2v) is 6.14. The van der Waals surface area contributed by atoms with Gasteiger partial charge in [-0.05, 0) is 43.3 Å². The lowest BCUT2D eigenvalue weighted by atomic mass is 10.2. The van der Waals surface area contributed by atoms with E-state index in [9.17, 15) is 4.79 Å². The maximum Gasteiger partial charge on any atom is 0.246 e. The summed E-state index contributed by atoms with van der Waals surface area (Å²) in [6.07, 6.45) is 0.0760. The Kier molecular flexibility index (Phi) is 4.58. The van der Waals surface area contributed by atoms with E-state index >= 15 is 0 Å². The quantitative estimate of drug-likeness (QED) is 0.852. The lowest BCUT2D eigenvalue weighted by molar-refractivity contribution is -0.144. The van der Waals surface area contributed by atoms with Gasteiger partial charge in [0.25, 0.3) is 0 Å². The van der Waals surface area contributed by atoms with Crippen LogP contribution in [0.1, 0.15) is 13.8 Å². The molecule has 1 fully saturated rings. The van der Waals surface area contributed by atoms with Crippen molar-refractivity contribution in [3.05, 3.63) is 29.3 Å². The molecule has 2 atom stereocenters. The normalized spacial score (nSPS) is 21.4. The molecule has 7 nitrogen and oxygen atoms in total. The number of carbonyl (C=O) groups excluding carboxylic acids is 1. The van der Waals surface area contributed by atoms with Crippen LogP contribution in [-0.2, 0) is 16.1 Å². The molecule has 0 radical (unpaired) electrons. The van der Waals surface area contributed by atoms with Crippen LogP contribution >= 0.6 is 11.6 Å². The van der Waals surface area contributed by atoms with Crippen LogP contribution in [0.4, 0.5) is 0 Å². The van der Waals surface area contributed by atoms with Gasteiger partial charge in [0.05, 0.1) is 12.2 Å². The Balaban J connectivity index is 1.66. The van der Waals surface area contributed by atoms with Gasteiger partial charge in [-0.25, -0.2) is 0 Å². The highest BCUT2D eigenvalue weighted by atomic mass is 35.5. The molecule has 0 unspecified atom stereocenters. The smallest absolute Gasteiger partial charge is 0.246 e. The molecule has 0 bridgehead atoms. The van der Waals surface area contributed by atoms with Gasteiger partial charge in [-0.3, -0.25) is 4.79 Å². The van der Waals surface area contributed by atoms with E-state index < -0.39 is 0 Å². The number of aromatic nitrogens is 4. The predicted octanol–water partition coefficient (Wildman–Crippen LogP) is 1.63. The Bertz CT molecular complexity index is 677. The van der Waals surface area contributed by atoms with Gasteiger partial charge in [0.1, 0.15) is 6.54 Å². The fraction of sp³-hybridized carbons (Fsp3) is 0.467. The van der Waals surface area contributed by atoms with Gasteiger partial charge in [0.15, 0.2) is 0 Å². The van der Waals surface area contributed by atoms with Crippen LogP contribution in [0, 0.1) is 0 Å². The van der Waals surface area contributed by atoms with Crippen molar-refractivity contribution in [2.45, 2.75) is 32.6 Å². The van der Waals surface area contributed by atoms with E-state index in [4.69, 9.17) is 16.3 Å². The first-order valence-corrected chi connectivity index (χ1v) is 7.86. The summed E-state index contributed by atoms with van der Waals surface area (Å²) >= 11 is 5.86. The molecule has 122 valence electrons. The zero-order valence-corrected chi connectivity index (χ0v) is 13.8. The third-order valence-electron chi connectivity index (χ3n) is 3.60. The molecule has 8 heteroatoms. The monoisotopic (exact) mass is 335 g/mol. The standard InChI is InChI=1S/C15H18ClN5O2/c1-10-7-20(8-11(2)23-10)14(22)9-21-18-15(17-19-21)12-3-5-13(16)6-4-12/h3-6,10-11H,7-9H2,1-2H3/t10-,11-/m0/s1. The number of hydrogen-bond acceptors (Lipinski definition) is 5. The third-order valence-corrected chi connectivity index (χ3v) is 3.86. The van der Waals surface area contributed by atoms with Gasteiger partial charge < -0.3 is 9.64 Å². The van der Waals surface area contributed by atoms with Crippen molar-refractivity contribution in [1.29, 1.82) is 0 Å². The molecule has 3 rings (SSSR count). The lowest BCUT2D eigenvalue weighted by Crippen LogP contribution is -2.49. The minimum absolute atomic E-state index is 0.0351. The summed E-state index contributed by atoms with van der Waals surface area (Å²) in [5.41, 5.74) is 0.807. The molecular formula is C15H18ClN5O2. The number of carbonyl (C=O) groups is 1. The van der Waals surface area contributed by atoms with Crippen LogP contribution in [0.2, 0.25) is 5.02 Å². The summed E-state index contributed by atoms with van der Waals surface area (Å²) in [7, 11) is 0. The Labute approximate surface area is 139 Å². The van der Waals surface area contributed by atoms with Crippen molar-refractivity contribution in [2.24, 2.45) is 0 Å². The van der Waals surface area contributed by atoms with Crippen LogP contribution in [0.25, 0.3) is 11.4 Å². The average molecular weight is 336 g/mol. The fourth-order valence-electron chi connectivity index (χ4n) is 2.63. The second kappa shape index (κ2) is 6.64. The van der Waals surface area contributed by atoms with Crippen LogP contribution < -0.4 is 0 Å². The van der Waals surface area contributed by atoms with Gasteiger partial charge in [0.2, 0.25) is 11.7 Å². The molecular weight excluding hydrogens is 318 g/mol. The molecule has 1 aliphatic heterocycles. The maximum atomic E-state index is 12.4. The van der Waals surface area contributed by atoms with Crippen LogP contribution in [-0.4, -0.2) is 56.3 Å². The number of rotatable bonds is 3. The summed E-state index contributed by atoms with van der Waals surface area (Å²) in [5, 5.41) is 12.8. The van der Waals surface area contributed by atoms with Crippen LogP contribution in [0.3, 0.4) is 0 Å². The zero-order chi connectivity index (χ0) is 16.4. The molecule has 1 aromatic heterocycles. The van der Waals surface area contributed by atoms with E-state index in [0.29, 0.717) is 23.9 Å². The summed E-state index contributed by atoms with van der Waals surface area (Å²) in [6, 6.07) is 7.16. The van der Waals surface area contributed by atoms with Gasteiger partial charge in [0, 0.05) is 23.7 Å². The minimum Gasteiger partial charge on any atom is -0.372 e. The average Bonchev–Trinajstić information content (AvgIpc) is 2.95. The molecule has 1 saturated heterocycles. The van der Waals surface area contributed by atoms with Crippen molar-refractivity contribution in [2.75, 3.05) is 13.1 Å². The van der Waals surface area contributed by atoms with Crippen LogP contribution in [0.15, 0.2) is 24.3 Å². The van der Waals surface area contributed by atoms with E-state index in [-0.39, 0.29) is 24.7 Å². The molecule has 0 aliphatic carbocycles.